The van der Waals surface area contributed by atoms with Gasteiger partial charge in [-0.15, -0.1) is 0 Å². The number of hydrogen-bond acceptors (Lipinski definition) is 4. The number of aliphatic imine (C=N–C) groups is 1. The fraction of sp³-hybridized carbons (Fsp3) is 0.650. The predicted octanol–water partition coefficient (Wildman–Crippen LogP) is 2.42. The molecule has 1 aliphatic rings. The minimum atomic E-state index is -0.0322. The van der Waals surface area contributed by atoms with Crippen molar-refractivity contribution in [3.63, 3.8) is 0 Å². The van der Waals surface area contributed by atoms with E-state index in [1.165, 1.54) is 5.56 Å². The van der Waals surface area contributed by atoms with Crippen LogP contribution in [0.2, 0.25) is 0 Å². The molecule has 6 nitrogen and oxygen atoms in total. The van der Waals surface area contributed by atoms with Crippen molar-refractivity contribution in [1.29, 1.82) is 0 Å². The number of ether oxygens (including phenoxy) is 2. The van der Waals surface area contributed by atoms with Gasteiger partial charge in [0.2, 0.25) is 0 Å². The minimum Gasteiger partial charge on any atom is -0.497 e. The lowest BCUT2D eigenvalue weighted by Crippen LogP contribution is -2.48. The lowest BCUT2D eigenvalue weighted by atomic mass is 10.0. The van der Waals surface area contributed by atoms with Crippen LogP contribution in [0.25, 0.3) is 0 Å². The Balaban J connectivity index is 2.19. The molecule has 0 aromatic heterocycles. The van der Waals surface area contributed by atoms with Gasteiger partial charge in [-0.05, 0) is 45.4 Å². The maximum Gasteiger partial charge on any atom is 0.191 e. The van der Waals surface area contributed by atoms with Crippen LogP contribution in [0.3, 0.4) is 0 Å². The van der Waals surface area contributed by atoms with Crippen LogP contribution in [-0.2, 0) is 4.74 Å². The molecule has 1 unspecified atom stereocenters. The number of methoxy groups -OCH3 is 1. The smallest absolute Gasteiger partial charge is 0.191 e. The number of guanidine groups is 1. The first-order valence-electron chi connectivity index (χ1n) is 9.45. The summed E-state index contributed by atoms with van der Waals surface area (Å²) >= 11 is 0. The van der Waals surface area contributed by atoms with Crippen LogP contribution >= 0.6 is 0 Å². The standard InChI is InChI=1S/C20H34N4O2/c1-6-21-19(23-20(2,3)4)22-15-18(24-11-13-26-14-12-24)16-7-9-17(25-5)10-8-16/h7-10,18H,6,11-15H2,1-5H3,(H2,21,22,23). The molecule has 1 heterocycles. The molecule has 0 saturated carbocycles. The molecule has 1 aromatic carbocycles. The van der Waals surface area contributed by atoms with Gasteiger partial charge in [-0.3, -0.25) is 9.89 Å². The summed E-state index contributed by atoms with van der Waals surface area (Å²) in [5, 5.41) is 6.80. The predicted molar refractivity (Wildman–Crippen MR) is 107 cm³/mol. The Morgan fingerprint density at radius 3 is 2.42 bits per heavy atom. The Morgan fingerprint density at radius 2 is 1.88 bits per heavy atom. The molecule has 1 aliphatic heterocycles. The number of rotatable bonds is 6. The van der Waals surface area contributed by atoms with E-state index in [2.05, 4.69) is 55.4 Å². The first kappa shape index (κ1) is 20.5. The van der Waals surface area contributed by atoms with E-state index in [1.807, 2.05) is 12.1 Å². The SMILES string of the molecule is CCNC(=NCC(c1ccc(OC)cc1)N1CCOCC1)NC(C)(C)C. The molecule has 1 saturated heterocycles. The van der Waals surface area contributed by atoms with Crippen LogP contribution in [0.4, 0.5) is 0 Å². The van der Waals surface area contributed by atoms with Crippen LogP contribution in [0.1, 0.15) is 39.3 Å². The summed E-state index contributed by atoms with van der Waals surface area (Å²) in [6.45, 7) is 13.4. The number of morpholine rings is 1. The number of nitrogens with zero attached hydrogens (tertiary/aromatic N) is 2. The molecule has 0 spiro atoms. The zero-order valence-electron chi connectivity index (χ0n) is 16.8. The van der Waals surface area contributed by atoms with Gasteiger partial charge in [0.15, 0.2) is 5.96 Å². The highest BCUT2D eigenvalue weighted by Crippen LogP contribution is 2.24. The molecule has 146 valence electrons. The number of benzene rings is 1. The van der Waals surface area contributed by atoms with Crippen LogP contribution in [0.15, 0.2) is 29.3 Å². The normalized spacial score (nSPS) is 17.7. The van der Waals surface area contributed by atoms with Gasteiger partial charge in [0.25, 0.3) is 0 Å². The van der Waals surface area contributed by atoms with Crippen molar-refractivity contribution in [1.82, 2.24) is 15.5 Å². The molecule has 1 fully saturated rings. The van der Waals surface area contributed by atoms with E-state index < -0.39 is 0 Å². The lowest BCUT2D eigenvalue weighted by molar-refractivity contribution is 0.0179. The molecular formula is C20H34N4O2. The molecule has 2 rings (SSSR count). The Bertz CT molecular complexity index is 560. The van der Waals surface area contributed by atoms with E-state index in [1.54, 1.807) is 7.11 Å². The topological polar surface area (TPSA) is 58.1 Å². The van der Waals surface area contributed by atoms with Crippen molar-refractivity contribution in [3.05, 3.63) is 29.8 Å². The molecule has 0 bridgehead atoms. The molecule has 2 N–H and O–H groups in total. The summed E-state index contributed by atoms with van der Waals surface area (Å²) < 4.78 is 10.8. The third kappa shape index (κ3) is 6.50. The van der Waals surface area contributed by atoms with E-state index in [0.717, 1.165) is 44.6 Å². The Morgan fingerprint density at radius 1 is 1.23 bits per heavy atom. The second-order valence-electron chi connectivity index (χ2n) is 7.53. The van der Waals surface area contributed by atoms with Gasteiger partial charge in [-0.25, -0.2) is 0 Å². The summed E-state index contributed by atoms with van der Waals surface area (Å²) in [5.41, 5.74) is 1.22. The summed E-state index contributed by atoms with van der Waals surface area (Å²) in [7, 11) is 1.69. The minimum absolute atomic E-state index is 0.0322. The Kier molecular flexibility index (Phi) is 7.72. The zero-order valence-corrected chi connectivity index (χ0v) is 16.8. The van der Waals surface area contributed by atoms with Crippen LogP contribution in [-0.4, -0.2) is 62.9 Å². The Labute approximate surface area is 158 Å². The van der Waals surface area contributed by atoms with Gasteiger partial charge in [-0.2, -0.15) is 0 Å². The number of nitrogens with one attached hydrogen (secondary N) is 2. The molecule has 0 aliphatic carbocycles. The van der Waals surface area contributed by atoms with E-state index in [0.29, 0.717) is 6.54 Å². The van der Waals surface area contributed by atoms with Gasteiger partial charge >= 0.3 is 0 Å². The van der Waals surface area contributed by atoms with Crippen molar-refractivity contribution in [2.45, 2.75) is 39.3 Å². The molecule has 1 aromatic rings. The Hall–Kier alpha value is -1.79. The largest absolute Gasteiger partial charge is 0.497 e. The molecule has 1 atom stereocenters. The maximum atomic E-state index is 5.53. The van der Waals surface area contributed by atoms with Crippen LogP contribution < -0.4 is 15.4 Å². The van der Waals surface area contributed by atoms with E-state index in [-0.39, 0.29) is 11.6 Å². The van der Waals surface area contributed by atoms with E-state index >= 15 is 0 Å². The lowest BCUT2D eigenvalue weighted by Gasteiger charge is -2.34. The maximum absolute atomic E-state index is 5.53. The second-order valence-corrected chi connectivity index (χ2v) is 7.53. The highest BCUT2D eigenvalue weighted by molar-refractivity contribution is 5.80. The van der Waals surface area contributed by atoms with Crippen LogP contribution in [0, 0.1) is 0 Å². The zero-order chi connectivity index (χ0) is 19.0. The average molecular weight is 363 g/mol. The monoisotopic (exact) mass is 362 g/mol. The summed E-state index contributed by atoms with van der Waals surface area (Å²) in [6, 6.07) is 8.54. The van der Waals surface area contributed by atoms with Gasteiger partial charge in [0.1, 0.15) is 5.75 Å². The van der Waals surface area contributed by atoms with Crippen molar-refractivity contribution in [2.75, 3.05) is 46.5 Å². The summed E-state index contributed by atoms with van der Waals surface area (Å²) in [6.07, 6.45) is 0. The van der Waals surface area contributed by atoms with Gasteiger partial charge < -0.3 is 20.1 Å². The van der Waals surface area contributed by atoms with Gasteiger partial charge in [0, 0.05) is 25.2 Å². The van der Waals surface area contributed by atoms with Crippen LogP contribution in [0.5, 0.6) is 5.75 Å². The third-order valence-corrected chi connectivity index (χ3v) is 4.25. The van der Waals surface area contributed by atoms with Crippen molar-refractivity contribution < 1.29 is 9.47 Å². The molecule has 26 heavy (non-hydrogen) atoms. The van der Waals surface area contributed by atoms with Gasteiger partial charge in [-0.1, -0.05) is 12.1 Å². The first-order chi connectivity index (χ1) is 12.4. The summed E-state index contributed by atoms with van der Waals surface area (Å²) in [5.74, 6) is 1.73. The highest BCUT2D eigenvalue weighted by atomic mass is 16.5. The summed E-state index contributed by atoms with van der Waals surface area (Å²) in [4.78, 5) is 7.33. The average Bonchev–Trinajstić information content (AvgIpc) is 2.62. The molecule has 0 amide bonds. The highest BCUT2D eigenvalue weighted by Gasteiger charge is 2.23. The van der Waals surface area contributed by atoms with Crippen molar-refractivity contribution in [3.8, 4) is 5.75 Å². The second kappa shape index (κ2) is 9.78. The van der Waals surface area contributed by atoms with E-state index in [9.17, 15) is 0 Å². The van der Waals surface area contributed by atoms with E-state index in [4.69, 9.17) is 14.5 Å². The fourth-order valence-electron chi connectivity index (χ4n) is 2.99. The third-order valence-electron chi connectivity index (χ3n) is 4.25. The van der Waals surface area contributed by atoms with Gasteiger partial charge in [0.05, 0.1) is 32.9 Å². The number of hydrogen-bond donors (Lipinski definition) is 2. The fourth-order valence-corrected chi connectivity index (χ4v) is 2.99. The van der Waals surface area contributed by atoms with Crippen molar-refractivity contribution in [2.24, 2.45) is 4.99 Å². The first-order valence-corrected chi connectivity index (χ1v) is 9.45. The quantitative estimate of drug-likeness (QED) is 0.601. The molecular weight excluding hydrogens is 328 g/mol. The van der Waals surface area contributed by atoms with Crippen molar-refractivity contribution >= 4 is 5.96 Å². The molecule has 6 heteroatoms. The molecule has 0 radical (unpaired) electrons.